The fourth-order valence-corrected chi connectivity index (χ4v) is 0.803. The van der Waals surface area contributed by atoms with Gasteiger partial charge in [-0.15, -0.1) is 0 Å². The summed E-state index contributed by atoms with van der Waals surface area (Å²) in [6, 6.07) is 0. The number of rotatable bonds is 3. The van der Waals surface area contributed by atoms with Gasteiger partial charge in [-0.05, 0) is 13.0 Å². The van der Waals surface area contributed by atoms with Crippen molar-refractivity contribution >= 4 is 7.60 Å². The van der Waals surface area contributed by atoms with Crippen LogP contribution in [0.1, 0.15) is 6.42 Å². The Kier molecular flexibility index (Phi) is 3.32. The fourth-order valence-electron chi connectivity index (χ4n) is 0.317. The highest BCUT2D eigenvalue weighted by Crippen LogP contribution is 2.40. The first-order valence-corrected chi connectivity index (χ1v) is 4.10. The maximum atomic E-state index is 10.1. The second-order valence-corrected chi connectivity index (χ2v) is 3.42. The molecule has 0 saturated heterocycles. The lowest BCUT2D eigenvalue weighted by Gasteiger charge is -2.09. The average molecular weight is 155 g/mol. The molecule has 0 fully saturated rings. The van der Waals surface area contributed by atoms with Crippen LogP contribution >= 0.6 is 7.60 Å². The van der Waals surface area contributed by atoms with Gasteiger partial charge < -0.3 is 20.6 Å². The lowest BCUT2D eigenvalue weighted by molar-refractivity contribution is 0.196. The molecule has 0 aromatic heterocycles. The molecule has 1 atom stereocenters. The summed E-state index contributed by atoms with van der Waals surface area (Å²) in [6.07, 6.45) is -0.0652. The molecule has 0 amide bonds. The van der Waals surface area contributed by atoms with Gasteiger partial charge in [0.25, 0.3) is 0 Å². The summed E-state index contributed by atoms with van der Waals surface area (Å²) in [4.78, 5) is 16.4. The SMILES string of the molecule is NCCC(O)P(=O)(O)O. The molecule has 1 unspecified atom stereocenters. The van der Waals surface area contributed by atoms with E-state index in [9.17, 15) is 4.57 Å². The molecule has 5 nitrogen and oxygen atoms in total. The van der Waals surface area contributed by atoms with E-state index < -0.39 is 13.4 Å². The maximum absolute atomic E-state index is 10.1. The van der Waals surface area contributed by atoms with Gasteiger partial charge in [0.05, 0.1) is 0 Å². The minimum atomic E-state index is -4.30. The Bertz CT molecular complexity index is 121. The van der Waals surface area contributed by atoms with Crippen molar-refractivity contribution in [1.82, 2.24) is 0 Å². The zero-order valence-electron chi connectivity index (χ0n) is 4.77. The van der Waals surface area contributed by atoms with Crippen LogP contribution in [0, 0.1) is 0 Å². The van der Waals surface area contributed by atoms with E-state index in [1.54, 1.807) is 0 Å². The molecule has 6 heteroatoms. The number of hydrogen-bond acceptors (Lipinski definition) is 3. The van der Waals surface area contributed by atoms with E-state index >= 15 is 0 Å². The van der Waals surface area contributed by atoms with Crippen molar-refractivity contribution in [3.8, 4) is 0 Å². The maximum Gasteiger partial charge on any atom is 0.353 e. The summed E-state index contributed by atoms with van der Waals surface area (Å²) in [5.41, 5.74) is 4.92. The van der Waals surface area contributed by atoms with Gasteiger partial charge in [-0.3, -0.25) is 4.57 Å². The minimum Gasteiger partial charge on any atom is -0.380 e. The first kappa shape index (κ1) is 9.07. The Balaban J connectivity index is 3.74. The smallest absolute Gasteiger partial charge is 0.353 e. The van der Waals surface area contributed by atoms with Gasteiger partial charge in [-0.25, -0.2) is 0 Å². The normalized spacial score (nSPS) is 15.6. The molecule has 5 N–H and O–H groups in total. The van der Waals surface area contributed by atoms with Gasteiger partial charge in [-0.2, -0.15) is 0 Å². The molecular formula is C3H10NO4P. The largest absolute Gasteiger partial charge is 0.380 e. The quantitative estimate of drug-likeness (QED) is 0.384. The van der Waals surface area contributed by atoms with E-state index in [4.69, 9.17) is 20.6 Å². The molecule has 9 heavy (non-hydrogen) atoms. The van der Waals surface area contributed by atoms with Gasteiger partial charge >= 0.3 is 7.60 Å². The summed E-state index contributed by atoms with van der Waals surface area (Å²) in [5, 5.41) is 8.54. The molecule has 0 aliphatic rings. The Labute approximate surface area is 52.7 Å². The van der Waals surface area contributed by atoms with Crippen molar-refractivity contribution in [3.63, 3.8) is 0 Å². The van der Waals surface area contributed by atoms with Gasteiger partial charge in [0.15, 0.2) is 5.85 Å². The summed E-state index contributed by atoms with van der Waals surface area (Å²) < 4.78 is 10.1. The van der Waals surface area contributed by atoms with Crippen LogP contribution in [0.4, 0.5) is 0 Å². The van der Waals surface area contributed by atoms with Crippen LogP contribution in [-0.4, -0.2) is 27.3 Å². The van der Waals surface area contributed by atoms with E-state index in [1.165, 1.54) is 0 Å². The third kappa shape index (κ3) is 3.61. The Morgan fingerprint density at radius 2 is 2.00 bits per heavy atom. The van der Waals surface area contributed by atoms with E-state index in [0.29, 0.717) is 0 Å². The highest BCUT2D eigenvalue weighted by molar-refractivity contribution is 7.52. The second-order valence-electron chi connectivity index (χ2n) is 1.65. The van der Waals surface area contributed by atoms with Crippen molar-refractivity contribution in [1.29, 1.82) is 0 Å². The van der Waals surface area contributed by atoms with Crippen molar-refractivity contribution in [3.05, 3.63) is 0 Å². The molecule has 0 radical (unpaired) electrons. The van der Waals surface area contributed by atoms with Crippen LogP contribution in [0.25, 0.3) is 0 Å². The molecule has 0 aromatic rings. The highest BCUT2D eigenvalue weighted by Gasteiger charge is 2.24. The zero-order chi connectivity index (χ0) is 7.49. The van der Waals surface area contributed by atoms with Gasteiger partial charge in [0.2, 0.25) is 0 Å². The monoisotopic (exact) mass is 155 g/mol. The first-order valence-electron chi connectivity index (χ1n) is 2.42. The fraction of sp³-hybridized carbons (Fsp3) is 1.00. The summed E-state index contributed by atoms with van der Waals surface area (Å²) in [5.74, 6) is -1.59. The predicted molar refractivity (Wildman–Crippen MR) is 31.7 cm³/mol. The van der Waals surface area contributed by atoms with E-state index in [0.717, 1.165) is 0 Å². The minimum absolute atomic E-state index is 0.0652. The third-order valence-corrected chi connectivity index (χ3v) is 1.85. The summed E-state index contributed by atoms with van der Waals surface area (Å²) in [6.45, 7) is 0.0757. The van der Waals surface area contributed by atoms with Gasteiger partial charge in [-0.1, -0.05) is 0 Å². The van der Waals surface area contributed by atoms with Crippen LogP contribution in [0.2, 0.25) is 0 Å². The number of aliphatic hydroxyl groups excluding tert-OH is 1. The molecule has 56 valence electrons. The molecular weight excluding hydrogens is 145 g/mol. The first-order chi connectivity index (χ1) is 3.98. The van der Waals surface area contributed by atoms with E-state index in [-0.39, 0.29) is 13.0 Å². The molecule has 0 saturated carbocycles. The van der Waals surface area contributed by atoms with Gasteiger partial charge in [0.1, 0.15) is 0 Å². The molecule has 0 aliphatic carbocycles. The molecule has 0 bridgehead atoms. The van der Waals surface area contributed by atoms with Crippen LogP contribution in [0.15, 0.2) is 0 Å². The lowest BCUT2D eigenvalue weighted by Crippen LogP contribution is -2.13. The summed E-state index contributed by atoms with van der Waals surface area (Å²) in [7, 11) is -4.30. The van der Waals surface area contributed by atoms with Crippen LogP contribution in [0.3, 0.4) is 0 Å². The lowest BCUT2D eigenvalue weighted by atomic mass is 10.5. The van der Waals surface area contributed by atoms with Gasteiger partial charge in [0, 0.05) is 0 Å². The Morgan fingerprint density at radius 1 is 1.56 bits per heavy atom. The van der Waals surface area contributed by atoms with Crippen molar-refractivity contribution in [2.24, 2.45) is 5.73 Å². The summed E-state index contributed by atoms with van der Waals surface area (Å²) >= 11 is 0. The Hall–Kier alpha value is 0.0700. The Morgan fingerprint density at radius 3 is 2.11 bits per heavy atom. The molecule has 0 rings (SSSR count). The third-order valence-electron chi connectivity index (χ3n) is 0.813. The number of aliphatic hydroxyl groups is 1. The highest BCUT2D eigenvalue weighted by atomic mass is 31.2. The predicted octanol–water partition coefficient (Wildman–Crippen LogP) is -1.17. The second kappa shape index (κ2) is 3.29. The van der Waals surface area contributed by atoms with Crippen LogP contribution in [-0.2, 0) is 4.57 Å². The standard InChI is InChI=1S/C3H10NO4P/c4-2-1-3(5)9(6,7)8/h3,5H,1-2,4H2,(H2,6,7,8). The number of nitrogens with two attached hydrogens (primary N) is 1. The number of hydrogen-bond donors (Lipinski definition) is 4. The van der Waals surface area contributed by atoms with Crippen molar-refractivity contribution in [2.75, 3.05) is 6.54 Å². The topological polar surface area (TPSA) is 104 Å². The molecule has 0 aromatic carbocycles. The molecule has 0 heterocycles. The van der Waals surface area contributed by atoms with Crippen LogP contribution < -0.4 is 5.73 Å². The average Bonchev–Trinajstić information content (AvgIpc) is 1.64. The van der Waals surface area contributed by atoms with Crippen molar-refractivity contribution < 1.29 is 19.5 Å². The van der Waals surface area contributed by atoms with E-state index in [2.05, 4.69) is 0 Å². The molecule has 0 spiro atoms. The van der Waals surface area contributed by atoms with E-state index in [1.807, 2.05) is 0 Å². The zero-order valence-corrected chi connectivity index (χ0v) is 5.66. The molecule has 0 aliphatic heterocycles. The van der Waals surface area contributed by atoms with Crippen LogP contribution in [0.5, 0.6) is 0 Å². The van der Waals surface area contributed by atoms with Crippen molar-refractivity contribution in [2.45, 2.75) is 12.3 Å².